The molecule has 1 amide bonds. The third kappa shape index (κ3) is 4.23. The zero-order valence-corrected chi connectivity index (χ0v) is 14.4. The van der Waals surface area contributed by atoms with Crippen LogP contribution in [0.3, 0.4) is 0 Å². The number of nitrogens with one attached hydrogen (secondary N) is 2. The van der Waals surface area contributed by atoms with E-state index in [-0.39, 0.29) is 6.61 Å². The number of nitrogens with zero attached hydrogens (tertiary/aromatic N) is 3. The highest BCUT2D eigenvalue weighted by atomic mass is 79.9. The topological polar surface area (TPSA) is 80.6 Å². The van der Waals surface area contributed by atoms with Crippen LogP contribution in [-0.4, -0.2) is 33.8 Å². The first-order valence-corrected chi connectivity index (χ1v) is 8.20. The van der Waals surface area contributed by atoms with Gasteiger partial charge in [0, 0.05) is 13.1 Å². The number of imidazole rings is 1. The van der Waals surface area contributed by atoms with Crippen LogP contribution in [0.15, 0.2) is 53.3 Å². The van der Waals surface area contributed by atoms with Crippen LogP contribution in [0.25, 0.3) is 5.65 Å². The number of alkyl carbamates (subject to hydrolysis) is 1. The normalized spacial score (nSPS) is 10.5. The zero-order chi connectivity index (χ0) is 16.8. The highest BCUT2D eigenvalue weighted by molar-refractivity contribution is 9.10. The molecule has 2 aromatic heterocycles. The maximum absolute atomic E-state index is 11.6. The number of anilines is 1. The molecule has 0 bridgehead atoms. The van der Waals surface area contributed by atoms with Crippen molar-refractivity contribution in [3.05, 3.63) is 58.8 Å². The van der Waals surface area contributed by atoms with Crippen LogP contribution in [0.2, 0.25) is 0 Å². The first kappa shape index (κ1) is 16.3. The predicted octanol–water partition coefficient (Wildman–Crippen LogP) is 2.83. The van der Waals surface area contributed by atoms with Crippen molar-refractivity contribution in [3.8, 4) is 0 Å². The molecule has 0 atom stereocenters. The summed E-state index contributed by atoms with van der Waals surface area (Å²) in [5.41, 5.74) is 1.71. The first-order chi connectivity index (χ1) is 11.7. The second kappa shape index (κ2) is 7.78. The van der Waals surface area contributed by atoms with E-state index in [0.29, 0.717) is 18.9 Å². The predicted molar refractivity (Wildman–Crippen MR) is 93.8 cm³/mol. The minimum atomic E-state index is -0.443. The van der Waals surface area contributed by atoms with Gasteiger partial charge in [0.05, 0.1) is 6.20 Å². The van der Waals surface area contributed by atoms with Crippen molar-refractivity contribution in [2.75, 3.05) is 18.4 Å². The Kier molecular flexibility index (Phi) is 5.27. The number of ether oxygens (including phenoxy) is 1. The fourth-order valence-corrected chi connectivity index (χ4v) is 2.43. The number of fused-ring (bicyclic) bond motifs is 1. The van der Waals surface area contributed by atoms with Gasteiger partial charge < -0.3 is 15.4 Å². The Labute approximate surface area is 147 Å². The van der Waals surface area contributed by atoms with Gasteiger partial charge in [-0.2, -0.15) is 0 Å². The standard InChI is InChI=1S/C16H16BrN5O2/c17-13-10-20-15-7-6-14(21-22(13)15)18-8-9-19-16(23)24-11-12-4-2-1-3-5-12/h1-7,10H,8-9,11H2,(H,18,21)(H,19,23). The van der Waals surface area contributed by atoms with Gasteiger partial charge >= 0.3 is 6.09 Å². The van der Waals surface area contributed by atoms with E-state index >= 15 is 0 Å². The van der Waals surface area contributed by atoms with E-state index in [9.17, 15) is 4.79 Å². The number of benzene rings is 1. The Bertz CT molecular complexity index is 822. The molecule has 3 aromatic rings. The third-order valence-corrected chi connectivity index (χ3v) is 3.77. The number of aromatic nitrogens is 3. The maximum atomic E-state index is 11.6. The van der Waals surface area contributed by atoms with Gasteiger partial charge in [-0.25, -0.2) is 14.3 Å². The number of hydrogen-bond donors (Lipinski definition) is 2. The summed E-state index contributed by atoms with van der Waals surface area (Å²) >= 11 is 3.38. The number of halogens is 1. The maximum Gasteiger partial charge on any atom is 0.407 e. The molecule has 3 rings (SSSR count). The minimum absolute atomic E-state index is 0.257. The molecule has 24 heavy (non-hydrogen) atoms. The SMILES string of the molecule is O=C(NCCNc1ccc2ncc(Br)n2n1)OCc1ccccc1. The van der Waals surface area contributed by atoms with Crippen LogP contribution >= 0.6 is 15.9 Å². The van der Waals surface area contributed by atoms with E-state index in [0.717, 1.165) is 15.8 Å². The average Bonchev–Trinajstić information content (AvgIpc) is 2.98. The summed E-state index contributed by atoms with van der Waals surface area (Å²) in [6.45, 7) is 1.22. The monoisotopic (exact) mass is 389 g/mol. The number of carbonyl (C=O) groups excluding carboxylic acids is 1. The van der Waals surface area contributed by atoms with Crippen LogP contribution in [0.4, 0.5) is 10.6 Å². The molecule has 0 fully saturated rings. The van der Waals surface area contributed by atoms with E-state index in [1.807, 2.05) is 42.5 Å². The molecule has 0 aliphatic heterocycles. The minimum Gasteiger partial charge on any atom is -0.445 e. The van der Waals surface area contributed by atoms with Crippen molar-refractivity contribution in [1.29, 1.82) is 0 Å². The molecule has 0 radical (unpaired) electrons. The van der Waals surface area contributed by atoms with E-state index in [1.54, 1.807) is 10.7 Å². The second-order valence-electron chi connectivity index (χ2n) is 4.98. The third-order valence-electron chi connectivity index (χ3n) is 3.23. The van der Waals surface area contributed by atoms with Crippen molar-refractivity contribution >= 4 is 33.5 Å². The van der Waals surface area contributed by atoms with Crippen LogP contribution in [-0.2, 0) is 11.3 Å². The highest BCUT2D eigenvalue weighted by Crippen LogP contribution is 2.13. The lowest BCUT2D eigenvalue weighted by Gasteiger charge is -2.08. The molecule has 0 aliphatic rings. The van der Waals surface area contributed by atoms with E-state index < -0.39 is 6.09 Å². The van der Waals surface area contributed by atoms with Crippen LogP contribution in [0, 0.1) is 0 Å². The molecule has 0 aliphatic carbocycles. The fraction of sp³-hybridized carbons (Fsp3) is 0.188. The summed E-state index contributed by atoms with van der Waals surface area (Å²) < 4.78 is 7.60. The summed E-state index contributed by atoms with van der Waals surface area (Å²) in [7, 11) is 0. The molecular formula is C16H16BrN5O2. The van der Waals surface area contributed by atoms with Gasteiger partial charge in [0.25, 0.3) is 0 Å². The molecule has 8 heteroatoms. The molecule has 0 saturated carbocycles. The van der Waals surface area contributed by atoms with Crippen molar-refractivity contribution in [2.45, 2.75) is 6.61 Å². The van der Waals surface area contributed by atoms with Crippen LogP contribution in [0.5, 0.6) is 0 Å². The van der Waals surface area contributed by atoms with Gasteiger partial charge in [-0.15, -0.1) is 5.10 Å². The van der Waals surface area contributed by atoms with Crippen molar-refractivity contribution in [2.24, 2.45) is 0 Å². The lowest BCUT2D eigenvalue weighted by atomic mass is 10.2. The number of hydrogen-bond acceptors (Lipinski definition) is 5. The highest BCUT2D eigenvalue weighted by Gasteiger charge is 2.04. The lowest BCUT2D eigenvalue weighted by Crippen LogP contribution is -2.29. The van der Waals surface area contributed by atoms with Gasteiger partial charge in [0.1, 0.15) is 17.0 Å². The molecule has 0 spiro atoms. The molecule has 124 valence electrons. The Hall–Kier alpha value is -2.61. The van der Waals surface area contributed by atoms with Crippen molar-refractivity contribution in [1.82, 2.24) is 19.9 Å². The van der Waals surface area contributed by atoms with Gasteiger partial charge in [0.15, 0.2) is 5.65 Å². The first-order valence-electron chi connectivity index (χ1n) is 7.41. The molecule has 2 N–H and O–H groups in total. The quantitative estimate of drug-likeness (QED) is 0.633. The Morgan fingerprint density at radius 1 is 1.17 bits per heavy atom. The zero-order valence-electron chi connectivity index (χ0n) is 12.8. The van der Waals surface area contributed by atoms with Crippen molar-refractivity contribution in [3.63, 3.8) is 0 Å². The second-order valence-corrected chi connectivity index (χ2v) is 5.80. The Morgan fingerprint density at radius 3 is 2.83 bits per heavy atom. The summed E-state index contributed by atoms with van der Waals surface area (Å²) in [5, 5.41) is 10.2. The van der Waals surface area contributed by atoms with Crippen LogP contribution in [0.1, 0.15) is 5.56 Å². The number of amides is 1. The van der Waals surface area contributed by atoms with Gasteiger partial charge in [-0.1, -0.05) is 30.3 Å². The average molecular weight is 390 g/mol. The summed E-state index contributed by atoms with van der Waals surface area (Å²) in [5.74, 6) is 0.695. The summed E-state index contributed by atoms with van der Waals surface area (Å²) in [6, 6.07) is 13.2. The van der Waals surface area contributed by atoms with Gasteiger partial charge in [0.2, 0.25) is 0 Å². The number of rotatable bonds is 6. The molecule has 2 heterocycles. The smallest absolute Gasteiger partial charge is 0.407 e. The molecule has 0 saturated heterocycles. The van der Waals surface area contributed by atoms with Crippen molar-refractivity contribution < 1.29 is 9.53 Å². The Morgan fingerprint density at radius 2 is 2.00 bits per heavy atom. The van der Waals surface area contributed by atoms with Gasteiger partial charge in [-0.05, 0) is 33.6 Å². The Balaban J connectivity index is 1.39. The molecular weight excluding hydrogens is 374 g/mol. The lowest BCUT2D eigenvalue weighted by molar-refractivity contribution is 0.140. The van der Waals surface area contributed by atoms with Crippen LogP contribution < -0.4 is 10.6 Å². The van der Waals surface area contributed by atoms with Gasteiger partial charge in [-0.3, -0.25) is 0 Å². The number of carbonyl (C=O) groups is 1. The summed E-state index contributed by atoms with van der Waals surface area (Å²) in [4.78, 5) is 15.8. The van der Waals surface area contributed by atoms with E-state index in [4.69, 9.17) is 4.74 Å². The largest absolute Gasteiger partial charge is 0.445 e. The summed E-state index contributed by atoms with van der Waals surface area (Å²) in [6.07, 6.45) is 1.25. The fourth-order valence-electron chi connectivity index (χ4n) is 2.07. The van der Waals surface area contributed by atoms with E-state index in [2.05, 4.69) is 36.6 Å². The van der Waals surface area contributed by atoms with E-state index in [1.165, 1.54) is 0 Å². The molecule has 1 aromatic carbocycles. The molecule has 0 unspecified atom stereocenters. The molecule has 7 nitrogen and oxygen atoms in total.